The Morgan fingerprint density at radius 2 is 1.75 bits per heavy atom. The number of sulfonamides is 1. The molecule has 3 rings (SSSR count). The molecule has 1 fully saturated rings. The van der Waals surface area contributed by atoms with Gasteiger partial charge in [-0.25, -0.2) is 8.42 Å². The average molecular weight is 403 g/mol. The number of carbonyl (C=O) groups is 1. The molecule has 0 aromatic heterocycles. The van der Waals surface area contributed by atoms with Crippen LogP contribution >= 0.6 is 0 Å². The fraction of sp³-hybridized carbons (Fsp3) is 0.381. The molecule has 1 amide bonds. The summed E-state index contributed by atoms with van der Waals surface area (Å²) >= 11 is 0. The molecule has 0 unspecified atom stereocenters. The number of benzene rings is 2. The molecule has 1 aliphatic rings. The fourth-order valence-electron chi connectivity index (χ4n) is 3.42. The lowest BCUT2D eigenvalue weighted by atomic mass is 10.1. The molecule has 0 spiro atoms. The normalized spacial score (nSPS) is 20.7. The standard InChI is InChI=1S/C21H26N2O4S/c1-14-8-9-20(15(2)10-14)22-21(24)18-6-5-7-19(11-18)28(25,26)23-12-16(3)27-17(4)13-23/h5-11,16-17H,12-13H2,1-4H3,(H,22,24)/t16-,17-/m1/s1. The molecular weight excluding hydrogens is 376 g/mol. The second-order valence-corrected chi connectivity index (χ2v) is 9.32. The largest absolute Gasteiger partial charge is 0.373 e. The number of rotatable bonds is 4. The van der Waals surface area contributed by atoms with Crippen molar-refractivity contribution in [2.75, 3.05) is 18.4 Å². The van der Waals surface area contributed by atoms with E-state index >= 15 is 0 Å². The first-order chi connectivity index (χ1) is 13.2. The molecular formula is C21H26N2O4S. The average Bonchev–Trinajstić information content (AvgIpc) is 2.63. The van der Waals surface area contributed by atoms with E-state index < -0.39 is 10.0 Å². The summed E-state index contributed by atoms with van der Waals surface area (Å²) in [6.45, 7) is 8.21. The van der Waals surface area contributed by atoms with Crippen LogP contribution in [0.1, 0.15) is 35.3 Å². The third-order valence-electron chi connectivity index (χ3n) is 4.75. The van der Waals surface area contributed by atoms with Crippen LogP contribution in [0.25, 0.3) is 0 Å². The van der Waals surface area contributed by atoms with Crippen molar-refractivity contribution < 1.29 is 17.9 Å². The van der Waals surface area contributed by atoms with E-state index in [0.717, 1.165) is 11.1 Å². The van der Waals surface area contributed by atoms with Gasteiger partial charge in [-0.2, -0.15) is 4.31 Å². The zero-order valence-electron chi connectivity index (χ0n) is 16.6. The molecule has 150 valence electrons. The van der Waals surface area contributed by atoms with Gasteiger partial charge in [0.25, 0.3) is 5.91 Å². The number of carbonyl (C=O) groups excluding carboxylic acids is 1. The van der Waals surface area contributed by atoms with Crippen LogP contribution in [0, 0.1) is 13.8 Å². The Kier molecular flexibility index (Phi) is 5.88. The van der Waals surface area contributed by atoms with Crippen molar-refractivity contribution in [3.05, 3.63) is 59.2 Å². The van der Waals surface area contributed by atoms with Crippen LogP contribution < -0.4 is 5.32 Å². The van der Waals surface area contributed by atoms with Gasteiger partial charge >= 0.3 is 0 Å². The number of nitrogens with zero attached hydrogens (tertiary/aromatic N) is 1. The quantitative estimate of drug-likeness (QED) is 0.851. The third kappa shape index (κ3) is 4.43. The van der Waals surface area contributed by atoms with E-state index in [0.29, 0.717) is 24.3 Å². The maximum absolute atomic E-state index is 13.0. The van der Waals surface area contributed by atoms with E-state index in [1.807, 2.05) is 45.9 Å². The van der Waals surface area contributed by atoms with Gasteiger partial charge in [0, 0.05) is 24.3 Å². The van der Waals surface area contributed by atoms with Gasteiger partial charge in [-0.1, -0.05) is 23.8 Å². The van der Waals surface area contributed by atoms with Crippen LogP contribution in [-0.4, -0.2) is 43.9 Å². The summed E-state index contributed by atoms with van der Waals surface area (Å²) in [6.07, 6.45) is -0.343. The summed E-state index contributed by atoms with van der Waals surface area (Å²) in [5.74, 6) is -0.340. The van der Waals surface area contributed by atoms with Gasteiger partial charge in [0.15, 0.2) is 0 Å². The monoisotopic (exact) mass is 402 g/mol. The molecule has 2 atom stereocenters. The third-order valence-corrected chi connectivity index (χ3v) is 6.58. The summed E-state index contributed by atoms with van der Waals surface area (Å²) in [7, 11) is -3.70. The van der Waals surface area contributed by atoms with Crippen molar-refractivity contribution in [2.45, 2.75) is 44.8 Å². The van der Waals surface area contributed by atoms with E-state index in [1.54, 1.807) is 12.1 Å². The summed E-state index contributed by atoms with van der Waals surface area (Å²) in [5, 5.41) is 2.86. The van der Waals surface area contributed by atoms with Gasteiger partial charge < -0.3 is 10.1 Å². The lowest BCUT2D eigenvalue weighted by molar-refractivity contribution is -0.0440. The number of morpholine rings is 1. The zero-order valence-corrected chi connectivity index (χ0v) is 17.4. The Balaban J connectivity index is 1.84. The number of hydrogen-bond acceptors (Lipinski definition) is 4. The van der Waals surface area contributed by atoms with Crippen LogP contribution in [0.2, 0.25) is 0 Å². The highest BCUT2D eigenvalue weighted by atomic mass is 32.2. The van der Waals surface area contributed by atoms with Crippen molar-refractivity contribution in [1.82, 2.24) is 4.31 Å². The molecule has 7 heteroatoms. The highest BCUT2D eigenvalue weighted by molar-refractivity contribution is 7.89. The van der Waals surface area contributed by atoms with Crippen molar-refractivity contribution in [3.63, 3.8) is 0 Å². The van der Waals surface area contributed by atoms with Crippen LogP contribution in [0.3, 0.4) is 0 Å². The predicted octanol–water partition coefficient (Wildman–Crippen LogP) is 3.35. The minimum absolute atomic E-state index is 0.113. The SMILES string of the molecule is Cc1ccc(NC(=O)c2cccc(S(=O)(=O)N3C[C@@H](C)O[C@H](C)C3)c2)c(C)c1. The van der Waals surface area contributed by atoms with E-state index in [4.69, 9.17) is 4.74 Å². The molecule has 1 aliphatic heterocycles. The fourth-order valence-corrected chi connectivity index (χ4v) is 5.06. The lowest BCUT2D eigenvalue weighted by Crippen LogP contribution is -2.48. The first kappa shape index (κ1) is 20.5. The second kappa shape index (κ2) is 8.03. The van der Waals surface area contributed by atoms with Crippen molar-refractivity contribution in [1.29, 1.82) is 0 Å². The van der Waals surface area contributed by atoms with Crippen LogP contribution in [0.5, 0.6) is 0 Å². The number of amides is 1. The van der Waals surface area contributed by atoms with E-state index in [9.17, 15) is 13.2 Å². The Morgan fingerprint density at radius 3 is 2.39 bits per heavy atom. The molecule has 0 bridgehead atoms. The Bertz CT molecular complexity index is 978. The van der Waals surface area contributed by atoms with E-state index in [2.05, 4.69) is 5.32 Å². The number of anilines is 1. The summed E-state index contributed by atoms with van der Waals surface area (Å²) in [6, 6.07) is 11.9. The number of nitrogens with one attached hydrogen (secondary N) is 1. The van der Waals surface area contributed by atoms with Gasteiger partial charge in [0.2, 0.25) is 10.0 Å². The van der Waals surface area contributed by atoms with E-state index in [-0.39, 0.29) is 23.0 Å². The first-order valence-corrected chi connectivity index (χ1v) is 10.7. The zero-order chi connectivity index (χ0) is 20.5. The Morgan fingerprint density at radius 1 is 1.07 bits per heavy atom. The molecule has 0 radical (unpaired) electrons. The predicted molar refractivity (Wildman–Crippen MR) is 109 cm³/mol. The van der Waals surface area contributed by atoms with Crippen LogP contribution in [0.15, 0.2) is 47.4 Å². The molecule has 1 saturated heterocycles. The van der Waals surface area contributed by atoms with Crippen LogP contribution in [-0.2, 0) is 14.8 Å². The molecule has 6 nitrogen and oxygen atoms in total. The van der Waals surface area contributed by atoms with Gasteiger partial charge in [-0.15, -0.1) is 0 Å². The maximum atomic E-state index is 13.0. The highest BCUT2D eigenvalue weighted by Gasteiger charge is 2.32. The molecule has 2 aromatic rings. The minimum atomic E-state index is -3.70. The van der Waals surface area contributed by atoms with Crippen LogP contribution in [0.4, 0.5) is 5.69 Å². The molecule has 28 heavy (non-hydrogen) atoms. The molecule has 2 aromatic carbocycles. The number of ether oxygens (including phenoxy) is 1. The van der Waals surface area contributed by atoms with E-state index in [1.165, 1.54) is 16.4 Å². The summed E-state index contributed by atoms with van der Waals surface area (Å²) < 4.78 is 33.1. The maximum Gasteiger partial charge on any atom is 0.255 e. The van der Waals surface area contributed by atoms with Gasteiger partial charge in [0.05, 0.1) is 17.1 Å². The lowest BCUT2D eigenvalue weighted by Gasteiger charge is -2.34. The molecule has 0 aliphatic carbocycles. The van der Waals surface area contributed by atoms with Crippen molar-refractivity contribution >= 4 is 21.6 Å². The molecule has 1 N–H and O–H groups in total. The second-order valence-electron chi connectivity index (χ2n) is 7.38. The van der Waals surface area contributed by atoms with Gasteiger partial charge in [0.1, 0.15) is 0 Å². The smallest absolute Gasteiger partial charge is 0.255 e. The molecule has 1 heterocycles. The van der Waals surface area contributed by atoms with Crippen molar-refractivity contribution in [2.24, 2.45) is 0 Å². The number of hydrogen-bond donors (Lipinski definition) is 1. The molecule has 0 saturated carbocycles. The Labute approximate surface area is 166 Å². The van der Waals surface area contributed by atoms with Crippen molar-refractivity contribution in [3.8, 4) is 0 Å². The minimum Gasteiger partial charge on any atom is -0.373 e. The summed E-state index contributed by atoms with van der Waals surface area (Å²) in [5.41, 5.74) is 3.07. The summed E-state index contributed by atoms with van der Waals surface area (Å²) in [4.78, 5) is 12.8. The Hall–Kier alpha value is -2.22. The topological polar surface area (TPSA) is 75.7 Å². The number of aryl methyl sites for hydroxylation is 2. The highest BCUT2D eigenvalue weighted by Crippen LogP contribution is 2.23. The van der Waals surface area contributed by atoms with Gasteiger partial charge in [-0.05, 0) is 57.5 Å². The first-order valence-electron chi connectivity index (χ1n) is 9.31. The van der Waals surface area contributed by atoms with Gasteiger partial charge in [-0.3, -0.25) is 4.79 Å².